The molecule has 1 atom stereocenters. The molecule has 1 saturated heterocycles. The van der Waals surface area contributed by atoms with Crippen LogP contribution in [0, 0.1) is 0 Å². The molecule has 0 bridgehead atoms. The Hall–Kier alpha value is -1.71. The van der Waals surface area contributed by atoms with E-state index in [1.807, 2.05) is 0 Å². The molecule has 0 amide bonds. The fraction of sp³-hybridized carbons (Fsp3) is 0.611. The van der Waals surface area contributed by atoms with Gasteiger partial charge in [0.05, 0.1) is 6.54 Å². The lowest BCUT2D eigenvalue weighted by Gasteiger charge is -2.27. The zero-order chi connectivity index (χ0) is 15.4. The zero-order valence-corrected chi connectivity index (χ0v) is 13.7. The predicted molar refractivity (Wildman–Crippen MR) is 93.5 cm³/mol. The summed E-state index contributed by atoms with van der Waals surface area (Å²) in [5, 5.41) is 0. The summed E-state index contributed by atoms with van der Waals surface area (Å²) in [6.45, 7) is 6.25. The van der Waals surface area contributed by atoms with Gasteiger partial charge >= 0.3 is 0 Å². The maximum absolute atomic E-state index is 6.22. The number of nitrogens with two attached hydrogens (primary N) is 1. The summed E-state index contributed by atoms with van der Waals surface area (Å²) in [5.74, 6) is 0.737. The van der Waals surface area contributed by atoms with E-state index in [2.05, 4.69) is 46.0 Å². The molecule has 0 radical (unpaired) electrons. The van der Waals surface area contributed by atoms with E-state index in [4.69, 9.17) is 5.73 Å². The molecule has 1 fully saturated rings. The molecule has 0 aliphatic carbocycles. The van der Waals surface area contributed by atoms with Crippen molar-refractivity contribution in [3.8, 4) is 0 Å². The number of guanidine groups is 1. The van der Waals surface area contributed by atoms with Crippen LogP contribution in [0.2, 0.25) is 0 Å². The molecule has 2 heterocycles. The molecular formula is C18H28N4. The highest BCUT2D eigenvalue weighted by Gasteiger charge is 2.22. The van der Waals surface area contributed by atoms with E-state index in [0.717, 1.165) is 38.6 Å². The van der Waals surface area contributed by atoms with Gasteiger partial charge in [0.15, 0.2) is 5.96 Å². The van der Waals surface area contributed by atoms with Crippen LogP contribution in [0.1, 0.15) is 38.2 Å². The average Bonchev–Trinajstić information content (AvgIpc) is 2.78. The summed E-state index contributed by atoms with van der Waals surface area (Å²) in [4.78, 5) is 9.41. The minimum atomic E-state index is 0.397. The third-order valence-corrected chi connectivity index (χ3v) is 4.90. The molecule has 120 valence electrons. The van der Waals surface area contributed by atoms with Gasteiger partial charge < -0.3 is 15.5 Å². The average molecular weight is 300 g/mol. The van der Waals surface area contributed by atoms with E-state index in [0.29, 0.717) is 6.04 Å². The minimum Gasteiger partial charge on any atom is -0.370 e. The van der Waals surface area contributed by atoms with Crippen LogP contribution in [0.25, 0.3) is 0 Å². The normalized spacial score (nSPS) is 20.7. The molecule has 1 aromatic carbocycles. The highest BCUT2D eigenvalue weighted by Crippen LogP contribution is 2.29. The third kappa shape index (κ3) is 3.37. The molecule has 2 aliphatic rings. The Labute approximate surface area is 134 Å². The summed E-state index contributed by atoms with van der Waals surface area (Å²) in [6, 6.07) is 9.10. The van der Waals surface area contributed by atoms with E-state index < -0.39 is 0 Å². The number of hydrogen-bond donors (Lipinski definition) is 1. The first-order chi connectivity index (χ1) is 10.8. The topological polar surface area (TPSA) is 44.9 Å². The molecule has 4 heteroatoms. The third-order valence-electron chi connectivity index (χ3n) is 4.90. The zero-order valence-electron chi connectivity index (χ0n) is 13.7. The molecule has 1 unspecified atom stereocenters. The smallest absolute Gasteiger partial charge is 0.191 e. The van der Waals surface area contributed by atoms with Gasteiger partial charge in [0.1, 0.15) is 0 Å². The van der Waals surface area contributed by atoms with Gasteiger partial charge in [-0.1, -0.05) is 31.0 Å². The summed E-state index contributed by atoms with van der Waals surface area (Å²) in [6.07, 6.45) is 6.28. The van der Waals surface area contributed by atoms with E-state index in [1.54, 1.807) is 0 Å². The van der Waals surface area contributed by atoms with Gasteiger partial charge in [0.2, 0.25) is 0 Å². The van der Waals surface area contributed by atoms with Crippen molar-refractivity contribution in [2.24, 2.45) is 10.7 Å². The Balaban J connectivity index is 1.60. The first-order valence-corrected chi connectivity index (χ1v) is 8.65. The van der Waals surface area contributed by atoms with Crippen molar-refractivity contribution in [1.82, 2.24) is 4.90 Å². The second-order valence-electron chi connectivity index (χ2n) is 6.52. The Morgan fingerprint density at radius 1 is 1.14 bits per heavy atom. The van der Waals surface area contributed by atoms with E-state index in [1.165, 1.54) is 36.9 Å². The van der Waals surface area contributed by atoms with Crippen molar-refractivity contribution in [3.63, 3.8) is 0 Å². The minimum absolute atomic E-state index is 0.397. The fourth-order valence-electron chi connectivity index (χ4n) is 3.55. The van der Waals surface area contributed by atoms with Crippen molar-refractivity contribution in [1.29, 1.82) is 0 Å². The van der Waals surface area contributed by atoms with Gasteiger partial charge in [-0.2, -0.15) is 0 Å². The molecule has 4 nitrogen and oxygen atoms in total. The van der Waals surface area contributed by atoms with Crippen LogP contribution in [0.15, 0.2) is 29.3 Å². The quantitative estimate of drug-likeness (QED) is 0.689. The number of rotatable bonds is 3. The summed E-state index contributed by atoms with van der Waals surface area (Å²) < 4.78 is 0. The molecule has 0 saturated carbocycles. The van der Waals surface area contributed by atoms with Crippen LogP contribution < -0.4 is 10.6 Å². The van der Waals surface area contributed by atoms with Crippen molar-refractivity contribution in [2.45, 2.75) is 45.1 Å². The van der Waals surface area contributed by atoms with E-state index in [9.17, 15) is 0 Å². The number of nitrogens with zero attached hydrogens (tertiary/aromatic N) is 3. The molecule has 22 heavy (non-hydrogen) atoms. The van der Waals surface area contributed by atoms with Crippen LogP contribution in [0.5, 0.6) is 0 Å². The highest BCUT2D eigenvalue weighted by molar-refractivity contribution is 5.78. The highest BCUT2D eigenvalue weighted by atomic mass is 15.3. The molecule has 2 aliphatic heterocycles. The molecule has 2 N–H and O–H groups in total. The number of likely N-dealkylation sites (tertiary alicyclic amines) is 1. The number of benzene rings is 1. The number of fused-ring (bicyclic) bond motifs is 1. The largest absolute Gasteiger partial charge is 0.370 e. The van der Waals surface area contributed by atoms with Gasteiger partial charge in [-0.3, -0.25) is 4.99 Å². The molecule has 3 rings (SSSR count). The van der Waals surface area contributed by atoms with Crippen LogP contribution in [0.3, 0.4) is 0 Å². The number of hydrogen-bond acceptors (Lipinski definition) is 2. The second kappa shape index (κ2) is 7.03. The predicted octanol–water partition coefficient (Wildman–Crippen LogP) is 2.63. The maximum Gasteiger partial charge on any atom is 0.191 e. The van der Waals surface area contributed by atoms with Crippen LogP contribution in [-0.2, 0) is 6.42 Å². The number of aliphatic imine (C=N–C) groups is 1. The van der Waals surface area contributed by atoms with Gasteiger partial charge in [-0.15, -0.1) is 0 Å². The molecule has 0 spiro atoms. The fourth-order valence-corrected chi connectivity index (χ4v) is 3.55. The molecular weight excluding hydrogens is 272 g/mol. The molecule has 1 aromatic rings. The lowest BCUT2D eigenvalue weighted by atomic mass is 10.2. The maximum atomic E-state index is 6.22. The van der Waals surface area contributed by atoms with Crippen LogP contribution >= 0.6 is 0 Å². The first kappa shape index (κ1) is 15.2. The summed E-state index contributed by atoms with van der Waals surface area (Å²) >= 11 is 0. The monoisotopic (exact) mass is 300 g/mol. The van der Waals surface area contributed by atoms with Gasteiger partial charge in [-0.05, 0) is 37.8 Å². The summed E-state index contributed by atoms with van der Waals surface area (Å²) in [5.41, 5.74) is 9.05. The number of anilines is 1. The standard InChI is InChI=1S/C18H28N4/c1-15(22-13-10-16-8-4-5-9-17(16)22)14-20-18(19)21-11-6-2-3-7-12-21/h4-5,8-9,15H,2-3,6-7,10-14H2,1H3,(H2,19,20). The molecule has 0 aromatic heterocycles. The van der Waals surface area contributed by atoms with Crippen molar-refractivity contribution < 1.29 is 0 Å². The van der Waals surface area contributed by atoms with Gasteiger partial charge in [0.25, 0.3) is 0 Å². The Morgan fingerprint density at radius 3 is 2.64 bits per heavy atom. The number of para-hydroxylation sites is 1. The van der Waals surface area contributed by atoms with Gasteiger partial charge in [0, 0.05) is 31.4 Å². The Morgan fingerprint density at radius 2 is 1.86 bits per heavy atom. The lowest BCUT2D eigenvalue weighted by Crippen LogP contribution is -2.40. The van der Waals surface area contributed by atoms with Crippen molar-refractivity contribution in [2.75, 3.05) is 31.1 Å². The van der Waals surface area contributed by atoms with Crippen molar-refractivity contribution in [3.05, 3.63) is 29.8 Å². The van der Waals surface area contributed by atoms with Gasteiger partial charge in [-0.25, -0.2) is 0 Å². The summed E-state index contributed by atoms with van der Waals surface area (Å²) in [7, 11) is 0. The first-order valence-electron chi connectivity index (χ1n) is 8.65. The second-order valence-corrected chi connectivity index (χ2v) is 6.52. The van der Waals surface area contributed by atoms with Crippen molar-refractivity contribution >= 4 is 11.6 Å². The van der Waals surface area contributed by atoms with Crippen LogP contribution in [-0.4, -0.2) is 43.1 Å². The van der Waals surface area contributed by atoms with Crippen LogP contribution in [0.4, 0.5) is 5.69 Å². The Kier molecular flexibility index (Phi) is 4.86. The van der Waals surface area contributed by atoms with E-state index >= 15 is 0 Å². The Bertz CT molecular complexity index is 518. The SMILES string of the molecule is CC(CN=C(N)N1CCCCCC1)N1CCc2ccccc21. The lowest BCUT2D eigenvalue weighted by molar-refractivity contribution is 0.427. The van der Waals surface area contributed by atoms with E-state index in [-0.39, 0.29) is 0 Å².